The van der Waals surface area contributed by atoms with E-state index in [1.807, 2.05) is 0 Å². The van der Waals surface area contributed by atoms with E-state index >= 15 is 0 Å². The fraction of sp³-hybridized carbons (Fsp3) is 0.538. The maximum atomic E-state index is 12.1. The zero-order valence-electron chi connectivity index (χ0n) is 10.7. The summed E-state index contributed by atoms with van der Waals surface area (Å²) in [5, 5.41) is 1.79. The number of hydrogen-bond donors (Lipinski definition) is 1. The molecule has 0 saturated heterocycles. The number of hydrogen-bond acceptors (Lipinski definition) is 3. The van der Waals surface area contributed by atoms with Crippen LogP contribution in [0.2, 0.25) is 0 Å². The summed E-state index contributed by atoms with van der Waals surface area (Å²) in [6.07, 6.45) is 4.92. The molecular formula is C13H19NO2S2. The third-order valence-electron chi connectivity index (χ3n) is 3.19. The molecule has 2 atom stereocenters. The van der Waals surface area contributed by atoms with Crippen LogP contribution in [0.15, 0.2) is 33.4 Å². The molecule has 0 bridgehead atoms. The molecule has 0 saturated carbocycles. The zero-order valence-corrected chi connectivity index (χ0v) is 12.4. The van der Waals surface area contributed by atoms with Crippen LogP contribution in [0.4, 0.5) is 0 Å². The van der Waals surface area contributed by atoms with Crippen LogP contribution in [0.25, 0.3) is 0 Å². The number of allylic oxidation sites excluding steroid dienone is 1. The first-order valence-electron chi connectivity index (χ1n) is 6.19. The SMILES string of the molecule is CC1=CCC(NS(=O)(=O)c2cccs2)CC(C)C1. The van der Waals surface area contributed by atoms with Crippen LogP contribution >= 0.6 is 11.3 Å². The second kappa shape index (κ2) is 5.55. The van der Waals surface area contributed by atoms with Crippen molar-refractivity contribution >= 4 is 21.4 Å². The molecule has 1 aromatic heterocycles. The summed E-state index contributed by atoms with van der Waals surface area (Å²) in [5.74, 6) is 0.528. The Hall–Kier alpha value is -0.650. The van der Waals surface area contributed by atoms with Gasteiger partial charge in [0, 0.05) is 6.04 Å². The molecule has 18 heavy (non-hydrogen) atoms. The highest BCUT2D eigenvalue weighted by Crippen LogP contribution is 2.24. The van der Waals surface area contributed by atoms with Crippen LogP contribution in [0.5, 0.6) is 0 Å². The van der Waals surface area contributed by atoms with E-state index in [1.54, 1.807) is 17.5 Å². The van der Waals surface area contributed by atoms with Crippen molar-refractivity contribution in [1.29, 1.82) is 0 Å². The molecule has 5 heteroatoms. The predicted octanol–water partition coefficient (Wildman–Crippen LogP) is 3.16. The quantitative estimate of drug-likeness (QED) is 0.867. The van der Waals surface area contributed by atoms with Gasteiger partial charge in [-0.15, -0.1) is 11.3 Å². The van der Waals surface area contributed by atoms with Crippen LogP contribution in [0, 0.1) is 5.92 Å². The molecule has 1 aliphatic carbocycles. The van der Waals surface area contributed by atoms with Gasteiger partial charge in [0.25, 0.3) is 0 Å². The highest BCUT2D eigenvalue weighted by molar-refractivity contribution is 7.91. The molecule has 1 heterocycles. The second-order valence-electron chi connectivity index (χ2n) is 5.08. The van der Waals surface area contributed by atoms with Crippen molar-refractivity contribution in [2.24, 2.45) is 5.92 Å². The third-order valence-corrected chi connectivity index (χ3v) is 6.11. The summed E-state index contributed by atoms with van der Waals surface area (Å²) < 4.78 is 27.5. The summed E-state index contributed by atoms with van der Waals surface area (Å²) in [6, 6.07) is 3.43. The van der Waals surface area contributed by atoms with Gasteiger partial charge in [0.1, 0.15) is 4.21 Å². The number of nitrogens with one attached hydrogen (secondary N) is 1. The van der Waals surface area contributed by atoms with Crippen molar-refractivity contribution in [3.8, 4) is 0 Å². The summed E-state index contributed by atoms with van der Waals surface area (Å²) in [5.41, 5.74) is 1.36. The Balaban J connectivity index is 2.10. The van der Waals surface area contributed by atoms with Gasteiger partial charge in [0.05, 0.1) is 0 Å². The molecule has 0 aliphatic heterocycles. The molecular weight excluding hydrogens is 266 g/mol. The lowest BCUT2D eigenvalue weighted by Crippen LogP contribution is -2.34. The van der Waals surface area contributed by atoms with Crippen LogP contribution in [0.1, 0.15) is 33.1 Å². The first kappa shape index (κ1) is 13.8. The van der Waals surface area contributed by atoms with Gasteiger partial charge >= 0.3 is 0 Å². The van der Waals surface area contributed by atoms with Gasteiger partial charge in [-0.3, -0.25) is 0 Å². The van der Waals surface area contributed by atoms with E-state index in [4.69, 9.17) is 0 Å². The fourth-order valence-electron chi connectivity index (χ4n) is 2.43. The van der Waals surface area contributed by atoms with E-state index < -0.39 is 10.0 Å². The average Bonchev–Trinajstić information content (AvgIpc) is 2.74. The highest BCUT2D eigenvalue weighted by atomic mass is 32.2. The summed E-state index contributed by atoms with van der Waals surface area (Å²) >= 11 is 1.26. The topological polar surface area (TPSA) is 46.2 Å². The van der Waals surface area contributed by atoms with Gasteiger partial charge in [0.2, 0.25) is 10.0 Å². The molecule has 0 spiro atoms. The van der Waals surface area contributed by atoms with E-state index in [9.17, 15) is 8.42 Å². The molecule has 1 aromatic rings. The minimum Gasteiger partial charge on any atom is -0.207 e. The Morgan fingerprint density at radius 2 is 2.22 bits per heavy atom. The van der Waals surface area contributed by atoms with Crippen LogP contribution < -0.4 is 4.72 Å². The summed E-state index contributed by atoms with van der Waals surface area (Å²) in [7, 11) is -3.33. The lowest BCUT2D eigenvalue weighted by atomic mass is 9.99. The van der Waals surface area contributed by atoms with Gasteiger partial charge < -0.3 is 0 Å². The highest BCUT2D eigenvalue weighted by Gasteiger charge is 2.23. The molecule has 2 unspecified atom stereocenters. The van der Waals surface area contributed by atoms with Crippen LogP contribution in [-0.2, 0) is 10.0 Å². The number of thiophene rings is 1. The molecule has 0 aromatic carbocycles. The van der Waals surface area contributed by atoms with E-state index in [2.05, 4.69) is 24.6 Å². The van der Waals surface area contributed by atoms with E-state index in [-0.39, 0.29) is 6.04 Å². The lowest BCUT2D eigenvalue weighted by molar-refractivity contribution is 0.449. The van der Waals surface area contributed by atoms with E-state index in [1.165, 1.54) is 16.9 Å². The van der Waals surface area contributed by atoms with Crippen molar-refractivity contribution in [3.05, 3.63) is 29.2 Å². The van der Waals surface area contributed by atoms with E-state index in [0.717, 1.165) is 19.3 Å². The Kier molecular flexibility index (Phi) is 4.25. The molecule has 3 nitrogen and oxygen atoms in total. The summed E-state index contributed by atoms with van der Waals surface area (Å²) in [4.78, 5) is 0. The number of rotatable bonds is 3. The lowest BCUT2D eigenvalue weighted by Gasteiger charge is -2.18. The zero-order chi connectivity index (χ0) is 13.2. The normalized spacial score (nSPS) is 25.6. The third kappa shape index (κ3) is 3.43. The summed E-state index contributed by atoms with van der Waals surface area (Å²) in [6.45, 7) is 4.29. The largest absolute Gasteiger partial charge is 0.250 e. The Bertz CT molecular complexity index is 517. The molecule has 0 fully saturated rings. The Morgan fingerprint density at radius 3 is 2.89 bits per heavy atom. The molecule has 0 radical (unpaired) electrons. The van der Waals surface area contributed by atoms with Crippen molar-refractivity contribution < 1.29 is 8.42 Å². The smallest absolute Gasteiger partial charge is 0.207 e. The Morgan fingerprint density at radius 1 is 1.44 bits per heavy atom. The standard InChI is InChI=1S/C13H19NO2S2/c1-10-5-6-12(9-11(2)8-10)14-18(15,16)13-4-3-7-17-13/h3-5,7,11-12,14H,6,8-9H2,1-2H3. The molecule has 1 N–H and O–H groups in total. The molecule has 100 valence electrons. The maximum Gasteiger partial charge on any atom is 0.250 e. The van der Waals surface area contributed by atoms with Crippen molar-refractivity contribution in [3.63, 3.8) is 0 Å². The van der Waals surface area contributed by atoms with Gasteiger partial charge in [-0.2, -0.15) is 0 Å². The first-order chi connectivity index (χ1) is 8.47. The molecule has 2 rings (SSSR count). The van der Waals surface area contributed by atoms with Gasteiger partial charge in [-0.1, -0.05) is 24.6 Å². The number of sulfonamides is 1. The molecule has 1 aliphatic rings. The van der Waals surface area contributed by atoms with Gasteiger partial charge in [-0.05, 0) is 43.6 Å². The van der Waals surface area contributed by atoms with Gasteiger partial charge in [0.15, 0.2) is 0 Å². The average molecular weight is 285 g/mol. The van der Waals surface area contributed by atoms with Crippen molar-refractivity contribution in [2.75, 3.05) is 0 Å². The minimum absolute atomic E-state index is 0.0181. The van der Waals surface area contributed by atoms with Crippen molar-refractivity contribution in [1.82, 2.24) is 4.72 Å². The second-order valence-corrected chi connectivity index (χ2v) is 7.97. The van der Waals surface area contributed by atoms with Crippen LogP contribution in [0.3, 0.4) is 0 Å². The van der Waals surface area contributed by atoms with Gasteiger partial charge in [-0.25, -0.2) is 13.1 Å². The molecule has 0 amide bonds. The van der Waals surface area contributed by atoms with E-state index in [0.29, 0.717) is 10.1 Å². The predicted molar refractivity (Wildman–Crippen MR) is 75.2 cm³/mol. The maximum absolute atomic E-state index is 12.1. The first-order valence-corrected chi connectivity index (χ1v) is 8.55. The van der Waals surface area contributed by atoms with Crippen LogP contribution in [-0.4, -0.2) is 14.5 Å². The monoisotopic (exact) mass is 285 g/mol. The minimum atomic E-state index is -3.33. The fourth-order valence-corrected chi connectivity index (χ4v) is 4.70. The van der Waals surface area contributed by atoms with Crippen molar-refractivity contribution in [2.45, 2.75) is 43.4 Å². The Labute approximate surface area is 113 Å².